The maximum absolute atomic E-state index is 13.2. The van der Waals surface area contributed by atoms with Crippen molar-refractivity contribution in [2.24, 2.45) is 0 Å². The summed E-state index contributed by atoms with van der Waals surface area (Å²) in [5, 5.41) is 0.994. The molecule has 0 saturated carbocycles. The van der Waals surface area contributed by atoms with Crippen molar-refractivity contribution >= 4 is 16.9 Å². The summed E-state index contributed by atoms with van der Waals surface area (Å²) >= 11 is 0. The van der Waals surface area contributed by atoms with Crippen molar-refractivity contribution in [1.82, 2.24) is 4.90 Å². The van der Waals surface area contributed by atoms with Crippen LogP contribution in [0.4, 0.5) is 0 Å². The maximum Gasteiger partial charge on any atom is 0.343 e. The molecule has 3 aliphatic rings. The number of ether oxygens (including phenoxy) is 6. The van der Waals surface area contributed by atoms with Crippen LogP contribution in [0.3, 0.4) is 0 Å². The van der Waals surface area contributed by atoms with Crippen molar-refractivity contribution in [1.29, 1.82) is 0 Å². The summed E-state index contributed by atoms with van der Waals surface area (Å²) in [7, 11) is 6.70. The van der Waals surface area contributed by atoms with Crippen molar-refractivity contribution in [3.05, 3.63) is 64.7 Å². The smallest absolute Gasteiger partial charge is 0.343 e. The van der Waals surface area contributed by atoms with Crippen molar-refractivity contribution in [2.75, 3.05) is 41.7 Å². The summed E-state index contributed by atoms with van der Waals surface area (Å²) in [5.74, 6) is 2.76. The van der Waals surface area contributed by atoms with E-state index in [1.54, 1.807) is 20.3 Å². The number of cyclic esters (lactones) is 1. The Labute approximate surface area is 224 Å². The topological polar surface area (TPSA) is 88.8 Å². The van der Waals surface area contributed by atoms with E-state index in [4.69, 9.17) is 32.8 Å². The first-order valence-electron chi connectivity index (χ1n) is 12.7. The van der Waals surface area contributed by atoms with E-state index >= 15 is 0 Å². The first-order chi connectivity index (χ1) is 19.0. The molecule has 9 heteroatoms. The number of rotatable bonds is 5. The molecule has 0 amide bonds. The zero-order chi connectivity index (χ0) is 26.8. The predicted molar refractivity (Wildman–Crippen MR) is 141 cm³/mol. The number of para-hydroxylation sites is 1. The van der Waals surface area contributed by atoms with Gasteiger partial charge in [-0.1, -0.05) is 24.3 Å². The van der Waals surface area contributed by atoms with Crippen LogP contribution in [0.1, 0.15) is 39.2 Å². The molecular formula is C30H27NO8. The Morgan fingerprint density at radius 1 is 0.923 bits per heavy atom. The molecule has 4 heterocycles. The van der Waals surface area contributed by atoms with Gasteiger partial charge in [-0.3, -0.25) is 4.90 Å². The van der Waals surface area contributed by atoms with Crippen molar-refractivity contribution in [3.63, 3.8) is 0 Å². The Kier molecular flexibility index (Phi) is 5.38. The molecule has 0 unspecified atom stereocenters. The van der Waals surface area contributed by atoms with Crippen LogP contribution in [0, 0.1) is 0 Å². The van der Waals surface area contributed by atoms with E-state index < -0.39 is 12.1 Å². The van der Waals surface area contributed by atoms with E-state index in [0.29, 0.717) is 53.0 Å². The Balaban J connectivity index is 1.47. The zero-order valence-electron chi connectivity index (χ0n) is 22.0. The third-order valence-corrected chi connectivity index (χ3v) is 7.89. The standard InChI is InChI=1S/C30H27NO8/c1-31-12-11-16-21(20-13-15-7-5-6-8-18(15)38-20)28-29(37-14-36-28)27(35-4)22(16)24(31)25-17-9-10-19(33-2)26(34-3)23(17)30(32)39-25/h5-10,13,24-25H,11-12,14H2,1-4H3/t24-,25+/m1/s1. The summed E-state index contributed by atoms with van der Waals surface area (Å²) in [6.07, 6.45) is 0.0930. The molecule has 4 aromatic rings. The molecule has 0 bridgehead atoms. The summed E-state index contributed by atoms with van der Waals surface area (Å²) in [6, 6.07) is 13.2. The third kappa shape index (κ3) is 3.32. The average Bonchev–Trinajstić information content (AvgIpc) is 3.68. The molecule has 0 aliphatic carbocycles. The monoisotopic (exact) mass is 529 g/mol. The largest absolute Gasteiger partial charge is 0.493 e. The fourth-order valence-electron chi connectivity index (χ4n) is 6.20. The molecule has 200 valence electrons. The lowest BCUT2D eigenvalue weighted by Crippen LogP contribution is -2.36. The van der Waals surface area contributed by atoms with Gasteiger partial charge >= 0.3 is 5.97 Å². The molecule has 3 aliphatic heterocycles. The van der Waals surface area contributed by atoms with Gasteiger partial charge in [-0.15, -0.1) is 0 Å². The molecule has 7 rings (SSSR count). The summed E-state index contributed by atoms with van der Waals surface area (Å²) < 4.78 is 41.4. The SMILES string of the molecule is COc1ccc2c(c1OC)C(=O)O[C@@H]2[C@H]1c2c(c(-c3cc4ccccc4o3)c3c(c2OC)OCO3)CCN1C. The van der Waals surface area contributed by atoms with Gasteiger partial charge in [0.25, 0.3) is 0 Å². The number of benzene rings is 3. The highest BCUT2D eigenvalue weighted by Crippen LogP contribution is 2.59. The fraction of sp³-hybridized carbons (Fsp3) is 0.300. The lowest BCUT2D eigenvalue weighted by Gasteiger charge is -2.39. The quantitative estimate of drug-likeness (QED) is 0.320. The minimum absolute atomic E-state index is 0.0700. The minimum atomic E-state index is -0.617. The predicted octanol–water partition coefficient (Wildman–Crippen LogP) is 5.30. The van der Waals surface area contributed by atoms with Gasteiger partial charge in [0, 0.05) is 23.1 Å². The average molecular weight is 530 g/mol. The normalized spacial score (nSPS) is 19.5. The van der Waals surface area contributed by atoms with E-state index in [0.717, 1.165) is 33.2 Å². The molecule has 0 spiro atoms. The molecular weight excluding hydrogens is 502 g/mol. The number of furan rings is 1. The summed E-state index contributed by atoms with van der Waals surface area (Å²) in [6.45, 7) is 0.783. The number of esters is 1. The Morgan fingerprint density at radius 2 is 1.72 bits per heavy atom. The lowest BCUT2D eigenvalue weighted by atomic mass is 9.82. The number of fused-ring (bicyclic) bond motifs is 4. The molecule has 2 atom stereocenters. The first-order valence-corrected chi connectivity index (χ1v) is 12.7. The van der Waals surface area contributed by atoms with Gasteiger partial charge in [-0.05, 0) is 37.2 Å². The van der Waals surface area contributed by atoms with Crippen LogP contribution in [0.5, 0.6) is 28.7 Å². The highest BCUT2D eigenvalue weighted by atomic mass is 16.7. The van der Waals surface area contributed by atoms with Crippen LogP contribution in [-0.2, 0) is 11.2 Å². The summed E-state index contributed by atoms with van der Waals surface area (Å²) in [5.41, 5.74) is 4.62. The van der Waals surface area contributed by atoms with Gasteiger partial charge < -0.3 is 32.8 Å². The highest BCUT2D eigenvalue weighted by Gasteiger charge is 2.47. The minimum Gasteiger partial charge on any atom is -0.493 e. The fourth-order valence-corrected chi connectivity index (χ4v) is 6.20. The highest BCUT2D eigenvalue weighted by molar-refractivity contribution is 5.98. The van der Waals surface area contributed by atoms with Crippen molar-refractivity contribution in [2.45, 2.75) is 18.6 Å². The Hall–Kier alpha value is -4.37. The number of hydrogen-bond donors (Lipinski definition) is 0. The molecule has 3 aromatic carbocycles. The molecule has 0 radical (unpaired) electrons. The van der Waals surface area contributed by atoms with Gasteiger partial charge in [0.15, 0.2) is 23.0 Å². The Bertz CT molecular complexity index is 1610. The third-order valence-electron chi connectivity index (χ3n) is 7.89. The number of carbonyl (C=O) groups is 1. The van der Waals surface area contributed by atoms with Crippen LogP contribution in [-0.4, -0.2) is 52.6 Å². The van der Waals surface area contributed by atoms with E-state index in [1.807, 2.05) is 43.4 Å². The molecule has 0 N–H and O–H groups in total. The second kappa shape index (κ2) is 8.84. The molecule has 1 aromatic heterocycles. The van der Waals surface area contributed by atoms with Crippen LogP contribution in [0.2, 0.25) is 0 Å². The second-order valence-electron chi connectivity index (χ2n) is 9.78. The van der Waals surface area contributed by atoms with Gasteiger partial charge in [-0.2, -0.15) is 0 Å². The van der Waals surface area contributed by atoms with Crippen LogP contribution in [0.15, 0.2) is 46.9 Å². The van der Waals surface area contributed by atoms with Gasteiger partial charge in [0.1, 0.15) is 23.0 Å². The number of carbonyl (C=O) groups excluding carboxylic acids is 1. The van der Waals surface area contributed by atoms with Gasteiger partial charge in [0.05, 0.1) is 32.9 Å². The second-order valence-corrected chi connectivity index (χ2v) is 9.78. The van der Waals surface area contributed by atoms with Gasteiger partial charge in [0.2, 0.25) is 12.5 Å². The van der Waals surface area contributed by atoms with Gasteiger partial charge in [-0.25, -0.2) is 4.79 Å². The lowest BCUT2D eigenvalue weighted by molar-refractivity contribution is 0.00877. The molecule has 0 fully saturated rings. The number of likely N-dealkylation sites (N-methyl/N-ethyl adjacent to an activating group) is 1. The molecule has 0 saturated heterocycles. The Morgan fingerprint density at radius 3 is 2.49 bits per heavy atom. The van der Waals surface area contributed by atoms with Crippen LogP contribution >= 0.6 is 0 Å². The van der Waals surface area contributed by atoms with Crippen LogP contribution in [0.25, 0.3) is 22.3 Å². The van der Waals surface area contributed by atoms with E-state index in [1.165, 1.54) is 7.11 Å². The first kappa shape index (κ1) is 23.7. The summed E-state index contributed by atoms with van der Waals surface area (Å²) in [4.78, 5) is 15.4. The number of hydrogen-bond acceptors (Lipinski definition) is 9. The van der Waals surface area contributed by atoms with Crippen LogP contribution < -0.4 is 23.7 Å². The van der Waals surface area contributed by atoms with Crippen molar-refractivity contribution in [3.8, 4) is 40.1 Å². The molecule has 39 heavy (non-hydrogen) atoms. The zero-order valence-corrected chi connectivity index (χ0v) is 22.0. The van der Waals surface area contributed by atoms with E-state index in [-0.39, 0.29) is 12.8 Å². The number of nitrogens with zero attached hydrogens (tertiary/aromatic N) is 1. The number of methoxy groups -OCH3 is 3. The maximum atomic E-state index is 13.2. The van der Waals surface area contributed by atoms with Crippen molar-refractivity contribution < 1.29 is 37.6 Å². The molecule has 9 nitrogen and oxygen atoms in total. The van der Waals surface area contributed by atoms with E-state index in [9.17, 15) is 4.79 Å². The van der Waals surface area contributed by atoms with E-state index in [2.05, 4.69) is 4.90 Å².